The number of ether oxygens (including phenoxy) is 1. The number of halogens is 1. The molecule has 2 amide bonds. The molecule has 3 aromatic heterocycles. The average molecular weight is 469 g/mol. The van der Waals surface area contributed by atoms with Crippen LogP contribution >= 0.6 is 11.6 Å². The number of nitrogens with zero attached hydrogens (tertiary/aromatic N) is 6. The van der Waals surface area contributed by atoms with E-state index in [4.69, 9.17) is 16.3 Å². The van der Waals surface area contributed by atoms with Gasteiger partial charge in [0, 0.05) is 25.3 Å². The molecule has 0 aliphatic carbocycles. The van der Waals surface area contributed by atoms with E-state index in [9.17, 15) is 9.59 Å². The lowest BCUT2D eigenvalue weighted by Gasteiger charge is -2.08. The van der Waals surface area contributed by atoms with Gasteiger partial charge in [-0.15, -0.1) is 0 Å². The third kappa shape index (κ3) is 4.88. The van der Waals surface area contributed by atoms with Crippen molar-refractivity contribution in [1.82, 2.24) is 29.3 Å². The Kier molecular flexibility index (Phi) is 6.13. The molecule has 0 saturated heterocycles. The number of carbonyl (C=O) groups is 2. The number of rotatable bonds is 7. The fourth-order valence-corrected chi connectivity index (χ4v) is 3.22. The van der Waals surface area contributed by atoms with Crippen molar-refractivity contribution in [2.75, 3.05) is 10.6 Å². The standard InChI is InChI=1S/C21H21ClN8O3/c1-13-17(10-23-28(13)2)25-21(32)19-18(11-24-29(19)3)26-20(31)16-7-8-30(27-16)12-33-15-6-4-5-14(22)9-15/h4-11H,12H2,1-3H3,(H,25,32)(H,26,31). The van der Waals surface area contributed by atoms with Gasteiger partial charge in [0.1, 0.15) is 11.4 Å². The van der Waals surface area contributed by atoms with Gasteiger partial charge in [-0.3, -0.25) is 19.0 Å². The molecule has 0 fully saturated rings. The molecule has 4 aromatic rings. The lowest BCUT2D eigenvalue weighted by Crippen LogP contribution is -2.21. The first-order valence-corrected chi connectivity index (χ1v) is 10.2. The number of aryl methyl sites for hydroxylation is 2. The topological polar surface area (TPSA) is 121 Å². The molecular formula is C21H21ClN8O3. The van der Waals surface area contributed by atoms with Gasteiger partial charge >= 0.3 is 0 Å². The fourth-order valence-electron chi connectivity index (χ4n) is 3.04. The zero-order valence-electron chi connectivity index (χ0n) is 18.1. The second kappa shape index (κ2) is 9.17. The Morgan fingerprint density at radius 2 is 1.76 bits per heavy atom. The molecule has 33 heavy (non-hydrogen) atoms. The average Bonchev–Trinajstić information content (AvgIpc) is 3.48. The van der Waals surface area contributed by atoms with E-state index in [2.05, 4.69) is 25.9 Å². The molecule has 2 N–H and O–H groups in total. The number of nitrogens with one attached hydrogen (secondary N) is 2. The molecule has 1 aromatic carbocycles. The Morgan fingerprint density at radius 3 is 2.48 bits per heavy atom. The summed E-state index contributed by atoms with van der Waals surface area (Å²) in [6.07, 6.45) is 4.57. The number of benzene rings is 1. The van der Waals surface area contributed by atoms with Gasteiger partial charge in [-0.05, 0) is 31.2 Å². The van der Waals surface area contributed by atoms with Crippen molar-refractivity contribution in [3.05, 3.63) is 71.0 Å². The van der Waals surface area contributed by atoms with Crippen LogP contribution in [0.2, 0.25) is 5.02 Å². The molecule has 4 rings (SSSR count). The maximum absolute atomic E-state index is 12.8. The molecule has 0 radical (unpaired) electrons. The van der Waals surface area contributed by atoms with Crippen molar-refractivity contribution >= 4 is 34.8 Å². The summed E-state index contributed by atoms with van der Waals surface area (Å²) in [6, 6.07) is 8.52. The van der Waals surface area contributed by atoms with Crippen LogP contribution in [0.25, 0.3) is 0 Å². The van der Waals surface area contributed by atoms with Crippen molar-refractivity contribution in [2.45, 2.75) is 13.7 Å². The van der Waals surface area contributed by atoms with Crippen LogP contribution in [0.3, 0.4) is 0 Å². The summed E-state index contributed by atoms with van der Waals surface area (Å²) in [5, 5.41) is 18.5. The smallest absolute Gasteiger partial charge is 0.276 e. The SMILES string of the molecule is Cc1c(NC(=O)c2c(NC(=O)c3ccn(COc4cccc(Cl)c4)n3)cnn2C)cnn1C. The quantitative estimate of drug-likeness (QED) is 0.430. The molecule has 12 heteroatoms. The van der Waals surface area contributed by atoms with Crippen LogP contribution in [0.15, 0.2) is 48.9 Å². The zero-order valence-corrected chi connectivity index (χ0v) is 18.9. The molecule has 0 aliphatic heterocycles. The first-order chi connectivity index (χ1) is 15.8. The van der Waals surface area contributed by atoms with Gasteiger partial charge in [-0.2, -0.15) is 15.3 Å². The molecule has 3 heterocycles. The monoisotopic (exact) mass is 468 g/mol. The predicted molar refractivity (Wildman–Crippen MR) is 121 cm³/mol. The molecular weight excluding hydrogens is 448 g/mol. The normalized spacial score (nSPS) is 10.8. The Bertz CT molecular complexity index is 1320. The Hall–Kier alpha value is -4.12. The van der Waals surface area contributed by atoms with E-state index in [1.54, 1.807) is 61.5 Å². The Morgan fingerprint density at radius 1 is 1.03 bits per heavy atom. The highest BCUT2D eigenvalue weighted by Crippen LogP contribution is 2.20. The maximum Gasteiger partial charge on any atom is 0.276 e. The van der Waals surface area contributed by atoms with Gasteiger partial charge in [0.25, 0.3) is 11.8 Å². The summed E-state index contributed by atoms with van der Waals surface area (Å²) >= 11 is 5.95. The third-order valence-electron chi connectivity index (χ3n) is 4.92. The van der Waals surface area contributed by atoms with E-state index >= 15 is 0 Å². The van der Waals surface area contributed by atoms with Gasteiger partial charge < -0.3 is 15.4 Å². The first-order valence-electron chi connectivity index (χ1n) is 9.87. The lowest BCUT2D eigenvalue weighted by atomic mass is 10.3. The van der Waals surface area contributed by atoms with Crippen molar-refractivity contribution in [3.8, 4) is 5.75 Å². The van der Waals surface area contributed by atoms with Gasteiger partial charge in [-0.25, -0.2) is 4.68 Å². The van der Waals surface area contributed by atoms with Crippen molar-refractivity contribution in [1.29, 1.82) is 0 Å². The minimum atomic E-state index is -0.490. The van der Waals surface area contributed by atoms with E-state index in [1.807, 2.05) is 6.92 Å². The van der Waals surface area contributed by atoms with E-state index in [0.29, 0.717) is 16.5 Å². The highest BCUT2D eigenvalue weighted by molar-refractivity contribution is 6.30. The Labute approximate surface area is 193 Å². The molecule has 0 atom stereocenters. The lowest BCUT2D eigenvalue weighted by molar-refractivity contribution is 0.101. The summed E-state index contributed by atoms with van der Waals surface area (Å²) in [6.45, 7) is 1.93. The van der Waals surface area contributed by atoms with Gasteiger partial charge in [0.05, 0.1) is 29.5 Å². The number of carbonyl (C=O) groups excluding carboxylic acids is 2. The second-order valence-corrected chi connectivity index (χ2v) is 7.61. The first kappa shape index (κ1) is 22.1. The third-order valence-corrected chi connectivity index (χ3v) is 5.15. The van der Waals surface area contributed by atoms with Crippen LogP contribution in [0.5, 0.6) is 5.75 Å². The van der Waals surface area contributed by atoms with E-state index in [0.717, 1.165) is 5.69 Å². The van der Waals surface area contributed by atoms with Crippen LogP contribution in [-0.4, -0.2) is 41.2 Å². The minimum absolute atomic E-state index is 0.0959. The summed E-state index contributed by atoms with van der Waals surface area (Å²) in [5.74, 6) is -0.336. The van der Waals surface area contributed by atoms with Crippen LogP contribution in [0.4, 0.5) is 11.4 Å². The number of hydrogen-bond donors (Lipinski definition) is 2. The van der Waals surface area contributed by atoms with Gasteiger partial charge in [0.2, 0.25) is 0 Å². The zero-order chi connectivity index (χ0) is 23.5. The Balaban J connectivity index is 1.43. The van der Waals surface area contributed by atoms with Crippen molar-refractivity contribution < 1.29 is 14.3 Å². The summed E-state index contributed by atoms with van der Waals surface area (Å²) in [7, 11) is 3.39. The summed E-state index contributed by atoms with van der Waals surface area (Å²) < 4.78 is 10.1. The molecule has 11 nitrogen and oxygen atoms in total. The van der Waals surface area contributed by atoms with E-state index < -0.39 is 11.8 Å². The number of aromatic nitrogens is 6. The molecule has 0 aliphatic rings. The van der Waals surface area contributed by atoms with Crippen LogP contribution in [-0.2, 0) is 20.8 Å². The predicted octanol–water partition coefficient (Wildman–Crippen LogP) is 2.85. The molecule has 170 valence electrons. The molecule has 0 unspecified atom stereocenters. The number of hydrogen-bond acceptors (Lipinski definition) is 6. The maximum atomic E-state index is 12.8. The van der Waals surface area contributed by atoms with Crippen LogP contribution < -0.4 is 15.4 Å². The highest BCUT2D eigenvalue weighted by Gasteiger charge is 2.21. The van der Waals surface area contributed by atoms with Gasteiger partial charge in [-0.1, -0.05) is 17.7 Å². The second-order valence-electron chi connectivity index (χ2n) is 7.18. The minimum Gasteiger partial charge on any atom is -0.471 e. The van der Waals surface area contributed by atoms with Crippen LogP contribution in [0.1, 0.15) is 26.7 Å². The van der Waals surface area contributed by atoms with E-state index in [1.165, 1.54) is 15.6 Å². The summed E-state index contributed by atoms with van der Waals surface area (Å²) in [5.41, 5.74) is 1.96. The molecule has 0 bridgehead atoms. The van der Waals surface area contributed by atoms with E-state index in [-0.39, 0.29) is 23.8 Å². The van der Waals surface area contributed by atoms with Gasteiger partial charge in [0.15, 0.2) is 12.4 Å². The fraction of sp³-hybridized carbons (Fsp3) is 0.190. The summed E-state index contributed by atoms with van der Waals surface area (Å²) in [4.78, 5) is 25.6. The number of anilines is 2. The largest absolute Gasteiger partial charge is 0.471 e. The van der Waals surface area contributed by atoms with Crippen molar-refractivity contribution in [2.24, 2.45) is 14.1 Å². The molecule has 0 spiro atoms. The highest BCUT2D eigenvalue weighted by atomic mass is 35.5. The van der Waals surface area contributed by atoms with Crippen molar-refractivity contribution in [3.63, 3.8) is 0 Å². The number of amides is 2. The molecule has 0 saturated carbocycles. The van der Waals surface area contributed by atoms with Crippen LogP contribution in [0, 0.1) is 6.92 Å².